The maximum Gasteiger partial charge on any atom is 0.573 e. The first-order valence-electron chi connectivity index (χ1n) is 5.82. The second-order valence-electron chi connectivity index (χ2n) is 3.73. The monoisotopic (exact) mass is 287 g/mol. The molecule has 0 N–H and O–H groups in total. The molecule has 1 aromatic carbocycles. The third kappa shape index (κ3) is 3.88. The number of alkyl halides is 3. The minimum atomic E-state index is -4.90. The highest BCUT2D eigenvalue weighted by molar-refractivity contribution is 5.90. The van der Waals surface area contributed by atoms with Crippen molar-refractivity contribution in [2.45, 2.75) is 26.6 Å². The highest BCUT2D eigenvalue weighted by Crippen LogP contribution is 2.30. The average molecular weight is 287 g/mol. The number of esters is 1. The quantitative estimate of drug-likeness (QED) is 0.798. The van der Waals surface area contributed by atoms with Gasteiger partial charge in [0.05, 0.1) is 23.8 Å². The summed E-state index contributed by atoms with van der Waals surface area (Å²) >= 11 is 0. The van der Waals surface area contributed by atoms with E-state index in [0.29, 0.717) is 0 Å². The highest BCUT2D eigenvalue weighted by Gasteiger charge is 2.33. The zero-order chi connectivity index (χ0) is 15.3. The topological polar surface area (TPSA) is 59.3 Å². The van der Waals surface area contributed by atoms with Crippen LogP contribution in [0.4, 0.5) is 13.2 Å². The van der Waals surface area contributed by atoms with Crippen molar-refractivity contribution < 1.29 is 27.4 Å². The minimum Gasteiger partial charge on any atom is -0.462 e. The zero-order valence-corrected chi connectivity index (χ0v) is 10.9. The van der Waals surface area contributed by atoms with Crippen molar-refractivity contribution in [3.8, 4) is 11.8 Å². The number of carbonyl (C=O) groups excluding carboxylic acids is 1. The van der Waals surface area contributed by atoms with Crippen LogP contribution in [0.5, 0.6) is 5.75 Å². The molecule has 0 radical (unpaired) electrons. The summed E-state index contributed by atoms with van der Waals surface area (Å²) in [4.78, 5) is 11.6. The molecule has 0 fully saturated rings. The summed E-state index contributed by atoms with van der Waals surface area (Å²) in [6, 6.07) is 3.89. The molecule has 108 valence electrons. The predicted molar refractivity (Wildman–Crippen MR) is 63.2 cm³/mol. The molecule has 0 saturated carbocycles. The first kappa shape index (κ1) is 15.8. The van der Waals surface area contributed by atoms with Crippen molar-refractivity contribution in [3.63, 3.8) is 0 Å². The Morgan fingerprint density at radius 2 is 2.00 bits per heavy atom. The van der Waals surface area contributed by atoms with Crippen molar-refractivity contribution in [3.05, 3.63) is 28.8 Å². The first-order chi connectivity index (χ1) is 9.32. The molecular weight excluding hydrogens is 275 g/mol. The van der Waals surface area contributed by atoms with E-state index in [1.54, 1.807) is 19.9 Å². The van der Waals surface area contributed by atoms with E-state index in [9.17, 15) is 18.0 Å². The molecule has 0 aliphatic carbocycles. The van der Waals surface area contributed by atoms with Gasteiger partial charge in [0.15, 0.2) is 0 Å². The number of hydrogen-bond donors (Lipinski definition) is 0. The third-order valence-electron chi connectivity index (χ3n) is 2.42. The molecule has 0 aliphatic heterocycles. The number of nitrogens with zero attached hydrogens (tertiary/aromatic N) is 1. The molecular formula is C13H12F3NO3. The Balaban J connectivity index is 3.35. The van der Waals surface area contributed by atoms with Crippen LogP contribution in [0, 0.1) is 11.3 Å². The third-order valence-corrected chi connectivity index (χ3v) is 2.42. The molecule has 0 atom stereocenters. The summed E-state index contributed by atoms with van der Waals surface area (Å²) in [5.41, 5.74) is -0.102. The van der Waals surface area contributed by atoms with E-state index in [-0.39, 0.29) is 29.7 Å². The Morgan fingerprint density at radius 3 is 2.45 bits per heavy atom. The number of benzene rings is 1. The smallest absolute Gasteiger partial charge is 0.462 e. The molecule has 1 aromatic rings. The molecule has 7 heteroatoms. The summed E-state index contributed by atoms with van der Waals surface area (Å²) in [5.74, 6) is -1.36. The molecule has 0 aliphatic rings. The summed E-state index contributed by atoms with van der Waals surface area (Å²) in [5, 5.41) is 8.97. The van der Waals surface area contributed by atoms with E-state index < -0.39 is 18.1 Å². The van der Waals surface area contributed by atoms with Gasteiger partial charge < -0.3 is 9.47 Å². The zero-order valence-electron chi connectivity index (χ0n) is 10.9. The van der Waals surface area contributed by atoms with Gasteiger partial charge in [-0.25, -0.2) is 4.79 Å². The maximum absolute atomic E-state index is 12.4. The summed E-state index contributed by atoms with van der Waals surface area (Å²) in [6.45, 7) is 3.23. The van der Waals surface area contributed by atoms with Crippen molar-refractivity contribution in [1.82, 2.24) is 0 Å². The van der Waals surface area contributed by atoms with E-state index in [2.05, 4.69) is 4.74 Å². The summed E-state index contributed by atoms with van der Waals surface area (Å²) in [6.07, 6.45) is -4.73. The van der Waals surface area contributed by atoms with E-state index in [0.717, 1.165) is 6.07 Å². The van der Waals surface area contributed by atoms with Crippen LogP contribution in [0.2, 0.25) is 0 Å². The van der Waals surface area contributed by atoms with Crippen molar-refractivity contribution in [2.24, 2.45) is 0 Å². The van der Waals surface area contributed by atoms with Gasteiger partial charge in [-0.1, -0.05) is 6.92 Å². The van der Waals surface area contributed by atoms with Gasteiger partial charge in [-0.05, 0) is 25.5 Å². The SMILES string of the molecule is CCOC(=O)c1cc(C#N)c(CC)c(OC(F)(F)F)c1. The van der Waals surface area contributed by atoms with Crippen LogP contribution in [0.25, 0.3) is 0 Å². The summed E-state index contributed by atoms with van der Waals surface area (Å²) in [7, 11) is 0. The van der Waals surface area contributed by atoms with Gasteiger partial charge in [-0.3, -0.25) is 0 Å². The maximum atomic E-state index is 12.4. The van der Waals surface area contributed by atoms with Crippen LogP contribution in [0.1, 0.15) is 35.3 Å². The largest absolute Gasteiger partial charge is 0.573 e. The van der Waals surface area contributed by atoms with Crippen molar-refractivity contribution >= 4 is 5.97 Å². The molecule has 20 heavy (non-hydrogen) atoms. The Bertz CT molecular complexity index is 547. The van der Waals surface area contributed by atoms with Crippen LogP contribution >= 0.6 is 0 Å². The molecule has 0 bridgehead atoms. The number of halogens is 3. The average Bonchev–Trinajstić information content (AvgIpc) is 2.36. The molecule has 0 saturated heterocycles. The molecule has 0 aromatic heterocycles. The summed E-state index contributed by atoms with van der Waals surface area (Å²) < 4.78 is 45.6. The van der Waals surface area contributed by atoms with Crippen LogP contribution in [-0.4, -0.2) is 18.9 Å². The lowest BCUT2D eigenvalue weighted by molar-refractivity contribution is -0.274. The number of rotatable bonds is 4. The van der Waals surface area contributed by atoms with Crippen LogP contribution in [-0.2, 0) is 11.2 Å². The Hall–Kier alpha value is -2.23. The first-order valence-corrected chi connectivity index (χ1v) is 5.82. The Labute approximate surface area is 113 Å². The predicted octanol–water partition coefficient (Wildman–Crippen LogP) is 3.20. The normalized spacial score (nSPS) is 10.8. The van der Waals surface area contributed by atoms with Crippen molar-refractivity contribution in [2.75, 3.05) is 6.61 Å². The lowest BCUT2D eigenvalue weighted by Crippen LogP contribution is -2.19. The number of carbonyl (C=O) groups is 1. The highest BCUT2D eigenvalue weighted by atomic mass is 19.4. The molecule has 1 rings (SSSR count). The van der Waals surface area contributed by atoms with E-state index >= 15 is 0 Å². The standard InChI is InChI=1S/C13H12F3NO3/c1-3-10-9(7-17)5-8(12(18)19-4-2)6-11(10)20-13(14,15)16/h5-6H,3-4H2,1-2H3. The van der Waals surface area contributed by atoms with Crippen LogP contribution < -0.4 is 4.74 Å². The molecule has 0 heterocycles. The lowest BCUT2D eigenvalue weighted by atomic mass is 10.0. The van der Waals surface area contributed by atoms with Crippen molar-refractivity contribution in [1.29, 1.82) is 5.26 Å². The van der Waals surface area contributed by atoms with Gasteiger partial charge in [-0.2, -0.15) is 5.26 Å². The number of nitriles is 1. The van der Waals surface area contributed by atoms with Gasteiger partial charge in [-0.15, -0.1) is 13.2 Å². The molecule has 0 amide bonds. The van der Waals surface area contributed by atoms with Gasteiger partial charge >= 0.3 is 12.3 Å². The fourth-order valence-electron chi connectivity index (χ4n) is 1.66. The minimum absolute atomic E-state index is 0.0442. The van der Waals surface area contributed by atoms with Crippen LogP contribution in [0.15, 0.2) is 12.1 Å². The fourth-order valence-corrected chi connectivity index (χ4v) is 1.66. The number of ether oxygens (including phenoxy) is 2. The lowest BCUT2D eigenvalue weighted by Gasteiger charge is -2.15. The van der Waals surface area contributed by atoms with E-state index in [1.807, 2.05) is 0 Å². The Kier molecular flexibility index (Phi) is 4.97. The fraction of sp³-hybridized carbons (Fsp3) is 0.385. The van der Waals surface area contributed by atoms with Gasteiger partial charge in [0.25, 0.3) is 0 Å². The number of hydrogen-bond acceptors (Lipinski definition) is 4. The van der Waals surface area contributed by atoms with Gasteiger partial charge in [0, 0.05) is 5.56 Å². The van der Waals surface area contributed by atoms with E-state index in [1.165, 1.54) is 6.07 Å². The second-order valence-corrected chi connectivity index (χ2v) is 3.73. The Morgan fingerprint density at radius 1 is 1.35 bits per heavy atom. The molecule has 0 unspecified atom stereocenters. The molecule has 4 nitrogen and oxygen atoms in total. The van der Waals surface area contributed by atoms with E-state index in [4.69, 9.17) is 10.00 Å². The van der Waals surface area contributed by atoms with Gasteiger partial charge in [0.1, 0.15) is 5.75 Å². The molecule has 0 spiro atoms. The van der Waals surface area contributed by atoms with Gasteiger partial charge in [0.2, 0.25) is 0 Å². The second kappa shape index (κ2) is 6.28. The van der Waals surface area contributed by atoms with Crippen LogP contribution in [0.3, 0.4) is 0 Å².